The van der Waals surface area contributed by atoms with Crippen LogP contribution in [0.4, 0.5) is 4.79 Å². The van der Waals surface area contributed by atoms with Crippen LogP contribution < -0.4 is 0 Å². The standard InChI is InChI=1S/C20H32O5/c1-5-7-23-17(22)25-20-11-14-8-15(12-20)10-19(9-14,13-20)24-16(21)18(3,4)6-2/h14-15H,5-13H2,1-4H3. The molecule has 25 heavy (non-hydrogen) atoms. The van der Waals surface area contributed by atoms with Crippen LogP contribution in [-0.4, -0.2) is 29.9 Å². The molecule has 142 valence electrons. The maximum atomic E-state index is 12.7. The molecule has 0 aromatic heterocycles. The molecule has 0 saturated heterocycles. The maximum absolute atomic E-state index is 12.7. The zero-order chi connectivity index (χ0) is 18.3. The number of hydrogen-bond donors (Lipinski definition) is 0. The van der Waals surface area contributed by atoms with Gasteiger partial charge in [-0.2, -0.15) is 0 Å². The summed E-state index contributed by atoms with van der Waals surface area (Å²) >= 11 is 0. The number of ether oxygens (including phenoxy) is 3. The summed E-state index contributed by atoms with van der Waals surface area (Å²) in [6, 6.07) is 0. The molecule has 4 bridgehead atoms. The van der Waals surface area contributed by atoms with Gasteiger partial charge in [0.1, 0.15) is 11.2 Å². The molecule has 4 fully saturated rings. The van der Waals surface area contributed by atoms with Gasteiger partial charge in [0, 0.05) is 6.42 Å². The highest BCUT2D eigenvalue weighted by molar-refractivity contribution is 5.76. The summed E-state index contributed by atoms with van der Waals surface area (Å²) < 4.78 is 17.1. The first-order valence-electron chi connectivity index (χ1n) is 9.81. The molecule has 0 aromatic carbocycles. The van der Waals surface area contributed by atoms with Gasteiger partial charge in [0.25, 0.3) is 0 Å². The fraction of sp³-hybridized carbons (Fsp3) is 0.900. The highest BCUT2D eigenvalue weighted by Crippen LogP contribution is 2.60. The van der Waals surface area contributed by atoms with Crippen molar-refractivity contribution in [3.8, 4) is 0 Å². The largest absolute Gasteiger partial charge is 0.508 e. The van der Waals surface area contributed by atoms with Crippen LogP contribution in [0.2, 0.25) is 0 Å². The third-order valence-corrected chi connectivity index (χ3v) is 6.42. The normalized spacial score (nSPS) is 36.2. The van der Waals surface area contributed by atoms with E-state index in [1.807, 2.05) is 27.7 Å². The van der Waals surface area contributed by atoms with Gasteiger partial charge in [-0.05, 0) is 70.6 Å². The summed E-state index contributed by atoms with van der Waals surface area (Å²) in [5.41, 5.74) is -1.44. The number of rotatable bonds is 6. The van der Waals surface area contributed by atoms with Gasteiger partial charge in [-0.25, -0.2) is 4.79 Å². The van der Waals surface area contributed by atoms with E-state index >= 15 is 0 Å². The maximum Gasteiger partial charge on any atom is 0.508 e. The van der Waals surface area contributed by atoms with E-state index in [0.29, 0.717) is 24.9 Å². The Morgan fingerprint density at radius 1 is 1.00 bits per heavy atom. The molecule has 0 aliphatic heterocycles. The molecular formula is C20H32O5. The molecule has 0 radical (unpaired) electrons. The molecule has 0 heterocycles. The molecule has 0 spiro atoms. The topological polar surface area (TPSA) is 61.8 Å². The average molecular weight is 352 g/mol. The minimum absolute atomic E-state index is 0.124. The fourth-order valence-corrected chi connectivity index (χ4v) is 5.21. The molecule has 0 aromatic rings. The van der Waals surface area contributed by atoms with E-state index in [2.05, 4.69) is 0 Å². The lowest BCUT2D eigenvalue weighted by Gasteiger charge is -2.60. The fourth-order valence-electron chi connectivity index (χ4n) is 5.21. The number of hydrogen-bond acceptors (Lipinski definition) is 5. The summed E-state index contributed by atoms with van der Waals surface area (Å²) in [4.78, 5) is 24.8. The minimum Gasteiger partial charge on any atom is -0.458 e. The zero-order valence-corrected chi connectivity index (χ0v) is 16.1. The Morgan fingerprint density at radius 2 is 1.56 bits per heavy atom. The Labute approximate surface area is 150 Å². The summed E-state index contributed by atoms with van der Waals surface area (Å²) in [7, 11) is 0. The monoisotopic (exact) mass is 352 g/mol. The molecule has 2 unspecified atom stereocenters. The van der Waals surface area contributed by atoms with Crippen molar-refractivity contribution >= 4 is 12.1 Å². The van der Waals surface area contributed by atoms with Crippen LogP contribution in [0.5, 0.6) is 0 Å². The van der Waals surface area contributed by atoms with Crippen LogP contribution in [-0.2, 0) is 19.0 Å². The van der Waals surface area contributed by atoms with Crippen molar-refractivity contribution < 1.29 is 23.8 Å². The van der Waals surface area contributed by atoms with E-state index in [-0.39, 0.29) is 5.97 Å². The Hall–Kier alpha value is -1.26. The van der Waals surface area contributed by atoms with Crippen LogP contribution in [0.25, 0.3) is 0 Å². The average Bonchev–Trinajstić information content (AvgIpc) is 2.50. The molecule has 2 atom stereocenters. The summed E-state index contributed by atoms with van der Waals surface area (Å²) in [6.45, 7) is 8.22. The van der Waals surface area contributed by atoms with Gasteiger partial charge in [0.2, 0.25) is 0 Å². The number of carbonyl (C=O) groups is 2. The first-order valence-corrected chi connectivity index (χ1v) is 9.81. The predicted octanol–water partition coefficient (Wildman–Crippen LogP) is 4.62. The Kier molecular flexibility index (Phi) is 4.80. The molecule has 5 heteroatoms. The van der Waals surface area contributed by atoms with E-state index in [9.17, 15) is 9.59 Å². The second-order valence-corrected chi connectivity index (χ2v) is 9.15. The van der Waals surface area contributed by atoms with E-state index in [1.54, 1.807) is 0 Å². The molecule has 0 amide bonds. The Balaban J connectivity index is 1.74. The lowest BCUT2D eigenvalue weighted by Crippen LogP contribution is -2.62. The molecule has 4 aliphatic rings. The molecular weight excluding hydrogens is 320 g/mol. The highest BCUT2D eigenvalue weighted by Gasteiger charge is 2.62. The second-order valence-electron chi connectivity index (χ2n) is 9.15. The van der Waals surface area contributed by atoms with Gasteiger partial charge in [-0.15, -0.1) is 0 Å². The van der Waals surface area contributed by atoms with Crippen LogP contribution in [0.1, 0.15) is 79.1 Å². The van der Waals surface area contributed by atoms with E-state index in [1.165, 1.54) is 0 Å². The summed E-state index contributed by atoms with van der Waals surface area (Å²) in [5.74, 6) is 0.816. The third-order valence-electron chi connectivity index (χ3n) is 6.42. The van der Waals surface area contributed by atoms with E-state index in [0.717, 1.165) is 44.9 Å². The molecule has 4 aliphatic carbocycles. The zero-order valence-electron chi connectivity index (χ0n) is 16.1. The van der Waals surface area contributed by atoms with Crippen molar-refractivity contribution in [3.63, 3.8) is 0 Å². The molecule has 4 rings (SSSR count). The van der Waals surface area contributed by atoms with Crippen molar-refractivity contribution in [2.24, 2.45) is 17.3 Å². The van der Waals surface area contributed by atoms with Crippen molar-refractivity contribution in [1.29, 1.82) is 0 Å². The summed E-state index contributed by atoms with van der Waals surface area (Å²) in [5, 5.41) is 0. The lowest BCUT2D eigenvalue weighted by molar-refractivity contribution is -0.228. The first-order chi connectivity index (χ1) is 11.7. The van der Waals surface area contributed by atoms with Crippen molar-refractivity contribution in [3.05, 3.63) is 0 Å². The lowest BCUT2D eigenvalue weighted by atomic mass is 9.52. The van der Waals surface area contributed by atoms with Crippen molar-refractivity contribution in [2.75, 3.05) is 6.61 Å². The number of carbonyl (C=O) groups excluding carboxylic acids is 2. The molecule has 5 nitrogen and oxygen atoms in total. The SMILES string of the molecule is CCCOC(=O)OC12CC3CC(C1)CC(OC(=O)C(C)(C)CC)(C3)C2. The Bertz CT molecular complexity index is 524. The van der Waals surface area contributed by atoms with Crippen LogP contribution in [0, 0.1) is 17.3 Å². The molecule has 4 saturated carbocycles. The summed E-state index contributed by atoms with van der Waals surface area (Å²) in [6.07, 6.45) is 6.31. The van der Waals surface area contributed by atoms with E-state index < -0.39 is 22.8 Å². The predicted molar refractivity (Wildman–Crippen MR) is 93.0 cm³/mol. The minimum atomic E-state index is -0.570. The Morgan fingerprint density at radius 3 is 2.08 bits per heavy atom. The van der Waals surface area contributed by atoms with Gasteiger partial charge in [-0.1, -0.05) is 13.8 Å². The van der Waals surface area contributed by atoms with E-state index in [4.69, 9.17) is 14.2 Å². The van der Waals surface area contributed by atoms with Crippen molar-refractivity contribution in [2.45, 2.75) is 90.3 Å². The van der Waals surface area contributed by atoms with Crippen LogP contribution in [0.3, 0.4) is 0 Å². The highest BCUT2D eigenvalue weighted by atomic mass is 16.7. The van der Waals surface area contributed by atoms with Crippen LogP contribution >= 0.6 is 0 Å². The van der Waals surface area contributed by atoms with Gasteiger partial charge in [-0.3, -0.25) is 4.79 Å². The van der Waals surface area contributed by atoms with Gasteiger partial charge >= 0.3 is 12.1 Å². The van der Waals surface area contributed by atoms with Crippen molar-refractivity contribution in [1.82, 2.24) is 0 Å². The quantitative estimate of drug-likeness (QED) is 0.653. The second kappa shape index (κ2) is 6.48. The molecule has 0 N–H and O–H groups in total. The third kappa shape index (κ3) is 3.65. The smallest absolute Gasteiger partial charge is 0.458 e. The first kappa shape index (κ1) is 18.5. The van der Waals surface area contributed by atoms with Crippen LogP contribution in [0.15, 0.2) is 0 Å². The van der Waals surface area contributed by atoms with Gasteiger partial charge in [0.05, 0.1) is 12.0 Å². The van der Waals surface area contributed by atoms with Gasteiger partial charge in [0.15, 0.2) is 0 Å². The number of esters is 1. The van der Waals surface area contributed by atoms with Gasteiger partial charge < -0.3 is 14.2 Å².